The van der Waals surface area contributed by atoms with Gasteiger partial charge < -0.3 is 20.3 Å². The van der Waals surface area contributed by atoms with Gasteiger partial charge in [-0.15, -0.1) is 0 Å². The first-order valence-corrected chi connectivity index (χ1v) is 9.81. The highest BCUT2D eigenvalue weighted by molar-refractivity contribution is 5.92. The van der Waals surface area contributed by atoms with Crippen LogP contribution in [0, 0.1) is 5.92 Å². The van der Waals surface area contributed by atoms with Crippen LogP contribution in [0.4, 0.5) is 22.7 Å². The topological polar surface area (TPSA) is 53.6 Å². The molecule has 1 aliphatic rings. The number of carbonyl (C=O) groups excluding carboxylic acids is 1. The van der Waals surface area contributed by atoms with Crippen molar-refractivity contribution in [3.63, 3.8) is 0 Å². The summed E-state index contributed by atoms with van der Waals surface area (Å²) >= 11 is 0. The number of nitrogens with zero attached hydrogens (tertiary/aromatic N) is 1. The van der Waals surface area contributed by atoms with Crippen LogP contribution in [0.1, 0.15) is 26.7 Å². The molecule has 0 spiro atoms. The predicted molar refractivity (Wildman–Crippen MR) is 112 cm³/mol. The van der Waals surface area contributed by atoms with E-state index >= 15 is 0 Å². The standard InChI is InChI=1S/C22H29N3O2/c1-3-17(4-2)22(26)24-19-11-9-18(10-12-19)23-20-7-5-6-8-21(20)25-13-15-27-16-14-25/h5-12,17,23H,3-4,13-16H2,1-2H3,(H,24,26). The van der Waals surface area contributed by atoms with Crippen molar-refractivity contribution in [1.29, 1.82) is 0 Å². The largest absolute Gasteiger partial charge is 0.378 e. The molecule has 27 heavy (non-hydrogen) atoms. The Hall–Kier alpha value is -2.53. The molecule has 3 rings (SSSR count). The normalized spacial score (nSPS) is 14.3. The van der Waals surface area contributed by atoms with Crippen LogP contribution in [0.2, 0.25) is 0 Å². The Morgan fingerprint density at radius 2 is 1.63 bits per heavy atom. The van der Waals surface area contributed by atoms with E-state index in [1.165, 1.54) is 5.69 Å². The maximum Gasteiger partial charge on any atom is 0.227 e. The van der Waals surface area contributed by atoms with Crippen molar-refractivity contribution in [2.45, 2.75) is 26.7 Å². The second-order valence-corrected chi connectivity index (χ2v) is 6.82. The van der Waals surface area contributed by atoms with Crippen molar-refractivity contribution in [3.8, 4) is 0 Å². The van der Waals surface area contributed by atoms with Crippen LogP contribution in [0.25, 0.3) is 0 Å². The molecule has 0 aromatic heterocycles. The maximum absolute atomic E-state index is 12.2. The molecule has 0 atom stereocenters. The Morgan fingerprint density at radius 1 is 1.00 bits per heavy atom. The molecule has 1 aliphatic heterocycles. The number of hydrogen-bond donors (Lipinski definition) is 2. The molecule has 1 fully saturated rings. The van der Waals surface area contributed by atoms with E-state index in [2.05, 4.69) is 33.7 Å². The van der Waals surface area contributed by atoms with Crippen LogP contribution < -0.4 is 15.5 Å². The lowest BCUT2D eigenvalue weighted by Crippen LogP contribution is -2.36. The molecule has 0 unspecified atom stereocenters. The van der Waals surface area contributed by atoms with Crippen molar-refractivity contribution in [2.75, 3.05) is 41.8 Å². The predicted octanol–water partition coefficient (Wildman–Crippen LogP) is 4.64. The van der Waals surface area contributed by atoms with Gasteiger partial charge in [0.1, 0.15) is 0 Å². The molecule has 1 saturated heterocycles. The fraction of sp³-hybridized carbons (Fsp3) is 0.409. The fourth-order valence-electron chi connectivity index (χ4n) is 3.36. The Balaban J connectivity index is 1.67. The number of morpholine rings is 1. The number of benzene rings is 2. The highest BCUT2D eigenvalue weighted by Gasteiger charge is 2.15. The van der Waals surface area contributed by atoms with Gasteiger partial charge in [-0.25, -0.2) is 0 Å². The lowest BCUT2D eigenvalue weighted by atomic mass is 10.0. The van der Waals surface area contributed by atoms with E-state index in [0.717, 1.165) is 56.2 Å². The summed E-state index contributed by atoms with van der Waals surface area (Å²) in [5.74, 6) is 0.168. The molecule has 144 valence electrons. The van der Waals surface area contributed by atoms with Crippen LogP contribution in [0.15, 0.2) is 48.5 Å². The summed E-state index contributed by atoms with van der Waals surface area (Å²) in [7, 11) is 0. The first-order chi connectivity index (χ1) is 13.2. The third-order valence-electron chi connectivity index (χ3n) is 5.04. The van der Waals surface area contributed by atoms with Crippen LogP contribution in [0.3, 0.4) is 0 Å². The Morgan fingerprint density at radius 3 is 2.30 bits per heavy atom. The Labute approximate surface area is 161 Å². The third-order valence-corrected chi connectivity index (χ3v) is 5.04. The van der Waals surface area contributed by atoms with Crippen molar-refractivity contribution < 1.29 is 9.53 Å². The van der Waals surface area contributed by atoms with E-state index in [-0.39, 0.29) is 11.8 Å². The quantitative estimate of drug-likeness (QED) is 0.748. The second kappa shape index (κ2) is 9.42. The summed E-state index contributed by atoms with van der Waals surface area (Å²) in [5, 5.41) is 6.51. The summed E-state index contributed by atoms with van der Waals surface area (Å²) in [6.45, 7) is 7.43. The minimum atomic E-state index is 0.0724. The molecule has 1 heterocycles. The number of ether oxygens (including phenoxy) is 1. The van der Waals surface area contributed by atoms with Gasteiger partial charge in [0.2, 0.25) is 5.91 Å². The molecule has 5 nitrogen and oxygen atoms in total. The van der Waals surface area contributed by atoms with E-state index in [1.807, 2.05) is 44.2 Å². The third kappa shape index (κ3) is 5.01. The number of rotatable bonds is 7. The highest BCUT2D eigenvalue weighted by Crippen LogP contribution is 2.29. The zero-order valence-corrected chi connectivity index (χ0v) is 16.2. The molecule has 2 aromatic rings. The van der Waals surface area contributed by atoms with Gasteiger partial charge >= 0.3 is 0 Å². The first kappa shape index (κ1) is 19.2. The average Bonchev–Trinajstić information content (AvgIpc) is 2.71. The summed E-state index contributed by atoms with van der Waals surface area (Å²) in [4.78, 5) is 14.6. The molecule has 0 radical (unpaired) electrons. The molecular weight excluding hydrogens is 338 g/mol. The zero-order chi connectivity index (χ0) is 19.1. The van der Waals surface area contributed by atoms with Gasteiger partial charge in [0.15, 0.2) is 0 Å². The van der Waals surface area contributed by atoms with Gasteiger partial charge in [0.05, 0.1) is 24.6 Å². The van der Waals surface area contributed by atoms with Gasteiger partial charge in [0, 0.05) is 30.4 Å². The van der Waals surface area contributed by atoms with Crippen LogP contribution >= 0.6 is 0 Å². The summed E-state index contributed by atoms with van der Waals surface area (Å²) in [5.41, 5.74) is 4.09. The molecule has 5 heteroatoms. The minimum Gasteiger partial charge on any atom is -0.378 e. The van der Waals surface area contributed by atoms with E-state index < -0.39 is 0 Å². The van der Waals surface area contributed by atoms with E-state index in [0.29, 0.717) is 0 Å². The number of hydrogen-bond acceptors (Lipinski definition) is 4. The zero-order valence-electron chi connectivity index (χ0n) is 16.2. The molecule has 0 saturated carbocycles. The van der Waals surface area contributed by atoms with Crippen molar-refractivity contribution in [2.24, 2.45) is 5.92 Å². The van der Waals surface area contributed by atoms with Gasteiger partial charge in [0.25, 0.3) is 0 Å². The van der Waals surface area contributed by atoms with Gasteiger partial charge in [-0.2, -0.15) is 0 Å². The monoisotopic (exact) mass is 367 g/mol. The number of para-hydroxylation sites is 2. The Bertz CT molecular complexity index is 735. The number of carbonyl (C=O) groups is 1. The molecule has 0 bridgehead atoms. The maximum atomic E-state index is 12.2. The summed E-state index contributed by atoms with van der Waals surface area (Å²) < 4.78 is 5.46. The SMILES string of the molecule is CCC(CC)C(=O)Nc1ccc(Nc2ccccc2N2CCOCC2)cc1. The molecular formula is C22H29N3O2. The molecule has 1 amide bonds. The fourth-order valence-corrected chi connectivity index (χ4v) is 3.36. The van der Waals surface area contributed by atoms with Crippen LogP contribution in [0.5, 0.6) is 0 Å². The van der Waals surface area contributed by atoms with Crippen molar-refractivity contribution in [3.05, 3.63) is 48.5 Å². The lowest BCUT2D eigenvalue weighted by molar-refractivity contribution is -0.120. The van der Waals surface area contributed by atoms with E-state index in [9.17, 15) is 4.79 Å². The number of amides is 1. The van der Waals surface area contributed by atoms with Crippen molar-refractivity contribution in [1.82, 2.24) is 0 Å². The number of nitrogens with one attached hydrogen (secondary N) is 2. The van der Waals surface area contributed by atoms with Crippen LogP contribution in [-0.4, -0.2) is 32.2 Å². The highest BCUT2D eigenvalue weighted by atomic mass is 16.5. The first-order valence-electron chi connectivity index (χ1n) is 9.81. The van der Waals surface area contributed by atoms with E-state index in [4.69, 9.17) is 4.74 Å². The minimum absolute atomic E-state index is 0.0724. The number of anilines is 4. The van der Waals surface area contributed by atoms with Crippen molar-refractivity contribution >= 4 is 28.7 Å². The van der Waals surface area contributed by atoms with Gasteiger partial charge in [-0.05, 0) is 49.2 Å². The van der Waals surface area contributed by atoms with Gasteiger partial charge in [-0.3, -0.25) is 4.79 Å². The lowest BCUT2D eigenvalue weighted by Gasteiger charge is -2.30. The van der Waals surface area contributed by atoms with E-state index in [1.54, 1.807) is 0 Å². The Kier molecular flexibility index (Phi) is 6.71. The molecule has 2 aromatic carbocycles. The molecule has 0 aliphatic carbocycles. The van der Waals surface area contributed by atoms with Crippen LogP contribution in [-0.2, 0) is 9.53 Å². The second-order valence-electron chi connectivity index (χ2n) is 6.82. The van der Waals surface area contributed by atoms with Gasteiger partial charge in [-0.1, -0.05) is 26.0 Å². The smallest absolute Gasteiger partial charge is 0.227 e. The summed E-state index contributed by atoms with van der Waals surface area (Å²) in [6.07, 6.45) is 1.72. The molecule has 2 N–H and O–H groups in total. The summed E-state index contributed by atoms with van der Waals surface area (Å²) in [6, 6.07) is 16.2. The average molecular weight is 367 g/mol.